The molecule has 0 radical (unpaired) electrons. The minimum Gasteiger partial charge on any atom is -0.494 e. The monoisotopic (exact) mass is 256 g/mol. The first kappa shape index (κ1) is 12.2. The van der Waals surface area contributed by atoms with E-state index in [1.807, 2.05) is 24.3 Å². The molecule has 0 N–H and O–H groups in total. The molecule has 0 heterocycles. The summed E-state index contributed by atoms with van der Waals surface area (Å²) in [4.78, 5) is 0. The van der Waals surface area contributed by atoms with Gasteiger partial charge < -0.3 is 4.74 Å². The van der Waals surface area contributed by atoms with Crippen molar-refractivity contribution in [1.29, 1.82) is 0 Å². The molecule has 0 fully saturated rings. The number of methoxy groups -OCH3 is 1. The molecule has 1 atom stereocenters. The van der Waals surface area contributed by atoms with Gasteiger partial charge in [-0.25, -0.2) is 4.39 Å². The first-order chi connectivity index (χ1) is 9.22. The summed E-state index contributed by atoms with van der Waals surface area (Å²) in [5.41, 5.74) is 4.31. The van der Waals surface area contributed by atoms with Crippen LogP contribution in [0.1, 0.15) is 30.4 Å². The van der Waals surface area contributed by atoms with Gasteiger partial charge in [-0.1, -0.05) is 37.3 Å². The van der Waals surface area contributed by atoms with Crippen molar-refractivity contribution < 1.29 is 9.13 Å². The third-order valence-corrected chi connectivity index (χ3v) is 4.04. The maximum absolute atomic E-state index is 14.4. The second kappa shape index (κ2) is 4.69. The maximum Gasteiger partial charge on any atom is 0.172 e. The first-order valence-electron chi connectivity index (χ1n) is 6.67. The molecule has 0 unspecified atom stereocenters. The summed E-state index contributed by atoms with van der Waals surface area (Å²) in [6, 6.07) is 11.5. The highest BCUT2D eigenvalue weighted by Crippen LogP contribution is 2.40. The highest BCUT2D eigenvalue weighted by Gasteiger charge is 2.23. The number of benzene rings is 2. The summed E-state index contributed by atoms with van der Waals surface area (Å²) in [6.45, 7) is 2.23. The van der Waals surface area contributed by atoms with Crippen LogP contribution in [-0.4, -0.2) is 7.11 Å². The van der Waals surface area contributed by atoms with Crippen LogP contribution in [0.4, 0.5) is 4.39 Å². The minimum absolute atomic E-state index is 0.266. The van der Waals surface area contributed by atoms with Crippen LogP contribution < -0.4 is 4.74 Å². The summed E-state index contributed by atoms with van der Waals surface area (Å²) in [7, 11) is 1.50. The molecule has 0 aromatic heterocycles. The fourth-order valence-electron chi connectivity index (χ4n) is 2.99. The fourth-order valence-corrected chi connectivity index (χ4v) is 2.99. The smallest absolute Gasteiger partial charge is 0.172 e. The van der Waals surface area contributed by atoms with E-state index in [2.05, 4.69) is 13.0 Å². The molecule has 0 spiro atoms. The topological polar surface area (TPSA) is 9.23 Å². The number of hydrogen-bond donors (Lipinski definition) is 0. The van der Waals surface area contributed by atoms with Gasteiger partial charge in [-0.05, 0) is 41.5 Å². The first-order valence-corrected chi connectivity index (χ1v) is 6.67. The lowest BCUT2D eigenvalue weighted by molar-refractivity contribution is 0.387. The summed E-state index contributed by atoms with van der Waals surface area (Å²) in [5.74, 6) is 0.614. The van der Waals surface area contributed by atoms with Crippen molar-refractivity contribution in [1.82, 2.24) is 0 Å². The molecule has 1 aliphatic carbocycles. The van der Waals surface area contributed by atoms with Crippen LogP contribution >= 0.6 is 0 Å². The van der Waals surface area contributed by atoms with Crippen LogP contribution in [0.15, 0.2) is 36.4 Å². The zero-order valence-corrected chi connectivity index (χ0v) is 11.2. The van der Waals surface area contributed by atoms with Crippen LogP contribution in [0, 0.1) is 5.82 Å². The van der Waals surface area contributed by atoms with Crippen molar-refractivity contribution in [2.75, 3.05) is 7.11 Å². The van der Waals surface area contributed by atoms with E-state index in [-0.39, 0.29) is 5.82 Å². The fraction of sp³-hybridized carbons (Fsp3) is 0.294. The Morgan fingerprint density at radius 3 is 2.63 bits per heavy atom. The molecule has 2 heteroatoms. The standard InChI is InChI=1S/C17H17FO/c1-11-9-10-14-12(11)5-3-6-13(14)15-7-4-8-16(19-2)17(15)18/h3-8,11H,9-10H2,1-2H3/t11-/m0/s1. The molecular weight excluding hydrogens is 239 g/mol. The molecule has 2 aromatic carbocycles. The van der Waals surface area contributed by atoms with Crippen molar-refractivity contribution >= 4 is 0 Å². The van der Waals surface area contributed by atoms with Gasteiger partial charge in [-0.2, -0.15) is 0 Å². The molecule has 3 rings (SSSR count). The average molecular weight is 256 g/mol. The quantitative estimate of drug-likeness (QED) is 0.766. The Balaban J connectivity index is 2.19. The molecule has 0 saturated carbocycles. The van der Waals surface area contributed by atoms with E-state index in [4.69, 9.17) is 4.74 Å². The Labute approximate surface area is 113 Å². The Kier molecular flexibility index (Phi) is 3.02. The van der Waals surface area contributed by atoms with E-state index >= 15 is 0 Å². The van der Waals surface area contributed by atoms with Gasteiger partial charge in [0, 0.05) is 5.56 Å². The second-order valence-electron chi connectivity index (χ2n) is 5.13. The molecule has 98 valence electrons. The molecule has 1 nitrogen and oxygen atoms in total. The number of rotatable bonds is 2. The van der Waals surface area contributed by atoms with Crippen LogP contribution in [-0.2, 0) is 6.42 Å². The van der Waals surface area contributed by atoms with Crippen LogP contribution in [0.25, 0.3) is 11.1 Å². The number of halogens is 1. The van der Waals surface area contributed by atoms with Gasteiger partial charge in [-0.3, -0.25) is 0 Å². The van der Waals surface area contributed by atoms with E-state index in [9.17, 15) is 4.39 Å². The van der Waals surface area contributed by atoms with E-state index in [1.54, 1.807) is 6.07 Å². The largest absolute Gasteiger partial charge is 0.494 e. The van der Waals surface area contributed by atoms with Crippen molar-refractivity contribution in [3.8, 4) is 16.9 Å². The zero-order chi connectivity index (χ0) is 13.4. The summed E-state index contributed by atoms with van der Waals surface area (Å²) >= 11 is 0. The Hall–Kier alpha value is -1.83. The highest BCUT2D eigenvalue weighted by atomic mass is 19.1. The molecule has 1 aliphatic rings. The zero-order valence-electron chi connectivity index (χ0n) is 11.2. The van der Waals surface area contributed by atoms with Crippen molar-refractivity contribution in [3.63, 3.8) is 0 Å². The molecule has 0 saturated heterocycles. The SMILES string of the molecule is COc1cccc(-c2cccc3c2CC[C@@H]3C)c1F. The highest BCUT2D eigenvalue weighted by molar-refractivity contribution is 5.71. The second-order valence-corrected chi connectivity index (χ2v) is 5.13. The molecule has 19 heavy (non-hydrogen) atoms. The van der Waals surface area contributed by atoms with Crippen molar-refractivity contribution in [3.05, 3.63) is 53.3 Å². The van der Waals surface area contributed by atoms with Gasteiger partial charge in [0.25, 0.3) is 0 Å². The lowest BCUT2D eigenvalue weighted by Gasteiger charge is -2.12. The summed E-state index contributed by atoms with van der Waals surface area (Å²) in [6.07, 6.45) is 2.18. The van der Waals surface area contributed by atoms with Gasteiger partial charge in [0.2, 0.25) is 0 Å². The number of ether oxygens (including phenoxy) is 1. The molecule has 0 aliphatic heterocycles. The van der Waals surface area contributed by atoms with Crippen molar-refractivity contribution in [2.45, 2.75) is 25.7 Å². The van der Waals surface area contributed by atoms with Gasteiger partial charge in [0.05, 0.1) is 7.11 Å². The maximum atomic E-state index is 14.4. The van der Waals surface area contributed by atoms with Gasteiger partial charge >= 0.3 is 0 Å². The van der Waals surface area contributed by atoms with E-state index < -0.39 is 0 Å². The molecule has 0 amide bonds. The Morgan fingerprint density at radius 1 is 1.11 bits per heavy atom. The van der Waals surface area contributed by atoms with Crippen LogP contribution in [0.5, 0.6) is 5.75 Å². The van der Waals surface area contributed by atoms with Crippen LogP contribution in [0.2, 0.25) is 0 Å². The van der Waals surface area contributed by atoms with Gasteiger partial charge in [0.1, 0.15) is 0 Å². The Morgan fingerprint density at radius 2 is 1.84 bits per heavy atom. The van der Waals surface area contributed by atoms with Gasteiger partial charge in [0.15, 0.2) is 11.6 Å². The predicted molar refractivity (Wildman–Crippen MR) is 75.1 cm³/mol. The predicted octanol–water partition coefficient (Wildman–Crippen LogP) is 4.55. The summed E-state index contributed by atoms with van der Waals surface area (Å²) in [5, 5.41) is 0. The Bertz CT molecular complexity index is 619. The molecular formula is C17H17FO. The molecule has 2 aromatic rings. The third kappa shape index (κ3) is 1.92. The molecule has 0 bridgehead atoms. The van der Waals surface area contributed by atoms with Crippen LogP contribution in [0.3, 0.4) is 0 Å². The minimum atomic E-state index is -0.266. The average Bonchev–Trinajstić information content (AvgIpc) is 2.81. The normalized spacial score (nSPS) is 17.3. The summed E-state index contributed by atoms with van der Waals surface area (Å²) < 4.78 is 19.5. The number of hydrogen-bond acceptors (Lipinski definition) is 1. The lowest BCUT2D eigenvalue weighted by atomic mass is 9.95. The van der Waals surface area contributed by atoms with E-state index in [1.165, 1.54) is 18.2 Å². The van der Waals surface area contributed by atoms with Crippen molar-refractivity contribution in [2.24, 2.45) is 0 Å². The lowest BCUT2D eigenvalue weighted by Crippen LogP contribution is -1.95. The number of fused-ring (bicyclic) bond motifs is 1. The van der Waals surface area contributed by atoms with E-state index in [0.717, 1.165) is 18.4 Å². The van der Waals surface area contributed by atoms with Gasteiger partial charge in [-0.15, -0.1) is 0 Å². The third-order valence-electron chi connectivity index (χ3n) is 4.04. The van der Waals surface area contributed by atoms with E-state index in [0.29, 0.717) is 17.2 Å².